The second-order valence-electron chi connectivity index (χ2n) is 3.78. The summed E-state index contributed by atoms with van der Waals surface area (Å²) in [6.07, 6.45) is 0. The van der Waals surface area contributed by atoms with Crippen LogP contribution in [0.25, 0.3) is 0 Å². The highest BCUT2D eigenvalue weighted by Crippen LogP contribution is 2.29. The average molecular weight is 278 g/mol. The van der Waals surface area contributed by atoms with Crippen LogP contribution in [0.3, 0.4) is 0 Å². The number of halogens is 1. The molecular weight excluding hydrogens is 266 g/mol. The summed E-state index contributed by atoms with van der Waals surface area (Å²) in [7, 11) is 0. The van der Waals surface area contributed by atoms with Crippen molar-refractivity contribution in [2.75, 3.05) is 0 Å². The van der Waals surface area contributed by atoms with Gasteiger partial charge in [-0.15, -0.1) is 11.8 Å². The predicted molar refractivity (Wildman–Crippen MR) is 76.0 cm³/mol. The summed E-state index contributed by atoms with van der Waals surface area (Å²) in [6.45, 7) is 0. The number of benzene rings is 2. The van der Waals surface area contributed by atoms with Gasteiger partial charge < -0.3 is 5.73 Å². The van der Waals surface area contributed by atoms with Crippen LogP contribution in [0.1, 0.15) is 15.9 Å². The van der Waals surface area contributed by atoms with Crippen molar-refractivity contribution in [1.29, 1.82) is 0 Å². The molecular formula is C14H12ClNOS. The third-order valence-electron chi connectivity index (χ3n) is 2.47. The van der Waals surface area contributed by atoms with Crippen molar-refractivity contribution in [2.24, 2.45) is 5.73 Å². The van der Waals surface area contributed by atoms with Crippen LogP contribution < -0.4 is 5.73 Å². The minimum atomic E-state index is -0.402. The quantitative estimate of drug-likeness (QED) is 0.866. The van der Waals surface area contributed by atoms with E-state index in [-0.39, 0.29) is 0 Å². The van der Waals surface area contributed by atoms with Crippen LogP contribution in [0.2, 0.25) is 5.02 Å². The molecule has 2 nitrogen and oxygen atoms in total. The van der Waals surface area contributed by atoms with Gasteiger partial charge in [0.05, 0.1) is 5.02 Å². The van der Waals surface area contributed by atoms with E-state index in [0.29, 0.717) is 5.56 Å². The van der Waals surface area contributed by atoms with Crippen molar-refractivity contribution in [1.82, 2.24) is 0 Å². The minimum Gasteiger partial charge on any atom is -0.366 e. The third kappa shape index (κ3) is 3.28. The normalized spacial score (nSPS) is 10.3. The molecule has 92 valence electrons. The molecule has 0 saturated carbocycles. The molecule has 0 fully saturated rings. The molecule has 0 aromatic heterocycles. The standard InChI is InChI=1S/C14H12ClNOS/c15-12-3-1-2-4-13(12)18-9-10-5-7-11(8-6-10)14(16)17/h1-8H,9H2,(H2,16,17). The van der Waals surface area contributed by atoms with E-state index in [9.17, 15) is 4.79 Å². The molecule has 18 heavy (non-hydrogen) atoms. The molecule has 0 bridgehead atoms. The molecule has 2 N–H and O–H groups in total. The number of carbonyl (C=O) groups excluding carboxylic acids is 1. The van der Waals surface area contributed by atoms with Gasteiger partial charge in [-0.25, -0.2) is 0 Å². The van der Waals surface area contributed by atoms with Crippen molar-refractivity contribution in [2.45, 2.75) is 10.6 Å². The summed E-state index contributed by atoms with van der Waals surface area (Å²) in [5.74, 6) is 0.406. The first kappa shape index (κ1) is 13.0. The fraction of sp³-hybridized carbons (Fsp3) is 0.0714. The number of carbonyl (C=O) groups is 1. The maximum absolute atomic E-state index is 10.9. The first-order chi connectivity index (χ1) is 8.66. The first-order valence-electron chi connectivity index (χ1n) is 5.43. The average Bonchev–Trinajstić information content (AvgIpc) is 2.38. The van der Waals surface area contributed by atoms with Crippen LogP contribution in [0.4, 0.5) is 0 Å². The Balaban J connectivity index is 2.02. The van der Waals surface area contributed by atoms with E-state index in [1.165, 1.54) is 0 Å². The molecule has 2 aromatic rings. The smallest absolute Gasteiger partial charge is 0.248 e. The lowest BCUT2D eigenvalue weighted by atomic mass is 10.1. The molecule has 0 spiro atoms. The van der Waals surface area contributed by atoms with Gasteiger partial charge in [0, 0.05) is 16.2 Å². The molecule has 2 rings (SSSR count). The molecule has 0 heterocycles. The number of nitrogens with two attached hydrogens (primary N) is 1. The molecule has 4 heteroatoms. The zero-order valence-electron chi connectivity index (χ0n) is 9.60. The Morgan fingerprint density at radius 2 is 1.78 bits per heavy atom. The highest BCUT2D eigenvalue weighted by atomic mass is 35.5. The van der Waals surface area contributed by atoms with E-state index in [1.54, 1.807) is 23.9 Å². The van der Waals surface area contributed by atoms with Gasteiger partial charge >= 0.3 is 0 Å². The van der Waals surface area contributed by atoms with E-state index in [0.717, 1.165) is 21.2 Å². The van der Waals surface area contributed by atoms with Crippen LogP contribution in [0.5, 0.6) is 0 Å². The zero-order valence-corrected chi connectivity index (χ0v) is 11.2. The number of amides is 1. The van der Waals surface area contributed by atoms with Crippen LogP contribution in [-0.4, -0.2) is 5.91 Å². The van der Waals surface area contributed by atoms with E-state index < -0.39 is 5.91 Å². The van der Waals surface area contributed by atoms with Gasteiger partial charge in [-0.2, -0.15) is 0 Å². The molecule has 0 aliphatic carbocycles. The maximum Gasteiger partial charge on any atom is 0.248 e. The van der Waals surface area contributed by atoms with Gasteiger partial charge in [-0.3, -0.25) is 4.79 Å². The minimum absolute atomic E-state index is 0.402. The summed E-state index contributed by atoms with van der Waals surface area (Å²) in [4.78, 5) is 12.0. The van der Waals surface area contributed by atoms with Gasteiger partial charge in [0.1, 0.15) is 0 Å². The molecule has 0 aliphatic heterocycles. The molecule has 0 atom stereocenters. The van der Waals surface area contributed by atoms with Crippen LogP contribution in [0, 0.1) is 0 Å². The van der Waals surface area contributed by atoms with Crippen molar-refractivity contribution in [3.8, 4) is 0 Å². The van der Waals surface area contributed by atoms with Crippen LogP contribution in [0.15, 0.2) is 53.4 Å². The largest absolute Gasteiger partial charge is 0.366 e. The third-order valence-corrected chi connectivity index (χ3v) is 4.06. The summed E-state index contributed by atoms with van der Waals surface area (Å²) < 4.78 is 0. The van der Waals surface area contributed by atoms with E-state index in [1.807, 2.05) is 36.4 Å². The highest BCUT2D eigenvalue weighted by molar-refractivity contribution is 7.98. The lowest BCUT2D eigenvalue weighted by Crippen LogP contribution is -2.10. The Hall–Kier alpha value is -1.45. The number of primary amides is 1. The molecule has 2 aromatic carbocycles. The fourth-order valence-corrected chi connectivity index (χ4v) is 2.68. The first-order valence-corrected chi connectivity index (χ1v) is 6.79. The zero-order chi connectivity index (χ0) is 13.0. The van der Waals surface area contributed by atoms with Crippen molar-refractivity contribution >= 4 is 29.3 Å². The van der Waals surface area contributed by atoms with Gasteiger partial charge in [-0.05, 0) is 29.8 Å². The molecule has 1 amide bonds. The molecule has 0 saturated heterocycles. The Morgan fingerprint density at radius 3 is 2.39 bits per heavy atom. The Bertz CT molecular complexity index is 554. The van der Waals surface area contributed by atoms with E-state index in [2.05, 4.69) is 0 Å². The topological polar surface area (TPSA) is 43.1 Å². The SMILES string of the molecule is NC(=O)c1ccc(CSc2ccccc2Cl)cc1. The van der Waals surface area contributed by atoms with Gasteiger partial charge in [0.15, 0.2) is 0 Å². The highest BCUT2D eigenvalue weighted by Gasteiger charge is 2.02. The molecule has 0 aliphatic rings. The van der Waals surface area contributed by atoms with Crippen LogP contribution >= 0.6 is 23.4 Å². The number of hydrogen-bond donors (Lipinski definition) is 1. The van der Waals surface area contributed by atoms with Gasteiger partial charge in [0.25, 0.3) is 0 Å². The maximum atomic E-state index is 10.9. The van der Waals surface area contributed by atoms with E-state index >= 15 is 0 Å². The lowest BCUT2D eigenvalue weighted by molar-refractivity contribution is 0.100. The monoisotopic (exact) mass is 277 g/mol. The summed E-state index contributed by atoms with van der Waals surface area (Å²) in [6, 6.07) is 15.0. The van der Waals surface area contributed by atoms with Crippen LogP contribution in [-0.2, 0) is 5.75 Å². The summed E-state index contributed by atoms with van der Waals surface area (Å²) in [5.41, 5.74) is 6.85. The van der Waals surface area contributed by atoms with Crippen molar-refractivity contribution in [3.63, 3.8) is 0 Å². The Labute approximate surface area is 115 Å². The fourth-order valence-electron chi connectivity index (χ4n) is 1.49. The second kappa shape index (κ2) is 5.94. The predicted octanol–water partition coefficient (Wildman–Crippen LogP) is 3.73. The number of thioether (sulfide) groups is 1. The molecule has 0 radical (unpaired) electrons. The molecule has 0 unspecified atom stereocenters. The lowest BCUT2D eigenvalue weighted by Gasteiger charge is -2.04. The number of hydrogen-bond acceptors (Lipinski definition) is 2. The van der Waals surface area contributed by atoms with Gasteiger partial charge in [0.2, 0.25) is 5.91 Å². The van der Waals surface area contributed by atoms with Crippen molar-refractivity contribution < 1.29 is 4.79 Å². The Kier molecular flexibility index (Phi) is 4.28. The van der Waals surface area contributed by atoms with E-state index in [4.69, 9.17) is 17.3 Å². The number of rotatable bonds is 4. The Morgan fingerprint density at radius 1 is 1.11 bits per heavy atom. The summed E-state index contributed by atoms with van der Waals surface area (Å²) in [5, 5.41) is 0.760. The summed E-state index contributed by atoms with van der Waals surface area (Å²) >= 11 is 7.74. The van der Waals surface area contributed by atoms with Gasteiger partial charge in [-0.1, -0.05) is 35.9 Å². The second-order valence-corrected chi connectivity index (χ2v) is 5.20. The van der Waals surface area contributed by atoms with Crippen molar-refractivity contribution in [3.05, 3.63) is 64.7 Å².